The lowest BCUT2D eigenvalue weighted by molar-refractivity contribution is 0.228. The van der Waals surface area contributed by atoms with Gasteiger partial charge < -0.3 is 15.1 Å². The molecule has 0 amide bonds. The zero-order chi connectivity index (χ0) is 14.8. The minimum atomic E-state index is -3.96. The van der Waals surface area contributed by atoms with Crippen molar-refractivity contribution in [3.63, 3.8) is 0 Å². The summed E-state index contributed by atoms with van der Waals surface area (Å²) in [5, 5.41) is 39.3. The van der Waals surface area contributed by atoms with Crippen LogP contribution in [0.4, 0.5) is 0 Å². The van der Waals surface area contributed by atoms with E-state index in [0.717, 1.165) is 0 Å². The van der Waals surface area contributed by atoms with Crippen LogP contribution in [-0.4, -0.2) is 57.3 Å². The van der Waals surface area contributed by atoms with Crippen LogP contribution in [0.5, 0.6) is 0 Å². The van der Waals surface area contributed by atoms with Crippen LogP contribution in [0.3, 0.4) is 0 Å². The maximum absolute atomic E-state index is 11.8. The Morgan fingerprint density at radius 2 is 1.85 bits per heavy atom. The van der Waals surface area contributed by atoms with Crippen molar-refractivity contribution in [2.75, 3.05) is 6.44 Å². The average molecular weight is 300 g/mol. The molecule has 0 atom stereocenters. The molecule has 0 aliphatic carbocycles. The van der Waals surface area contributed by atoms with Crippen molar-refractivity contribution in [1.82, 2.24) is 25.3 Å². The molecule has 1 heterocycles. The van der Waals surface area contributed by atoms with Crippen molar-refractivity contribution in [1.29, 1.82) is 0 Å². The van der Waals surface area contributed by atoms with Crippen molar-refractivity contribution in [2.24, 2.45) is 0 Å². The molecule has 0 saturated heterocycles. The number of aromatic amines is 1. The van der Waals surface area contributed by atoms with Gasteiger partial charge in [-0.3, -0.25) is 0 Å². The van der Waals surface area contributed by atoms with Crippen LogP contribution in [0, 0.1) is 0 Å². The molecule has 10 nitrogen and oxygen atoms in total. The third-order valence-electron chi connectivity index (χ3n) is 2.32. The van der Waals surface area contributed by atoms with E-state index in [-0.39, 0.29) is 4.90 Å². The Kier molecular flexibility index (Phi) is 3.83. The van der Waals surface area contributed by atoms with Crippen LogP contribution in [0.2, 0.25) is 0 Å². The van der Waals surface area contributed by atoms with Crippen molar-refractivity contribution in [3.8, 4) is 11.4 Å². The molecule has 0 radical (unpaired) electrons. The summed E-state index contributed by atoms with van der Waals surface area (Å²) >= 11 is 0. The van der Waals surface area contributed by atoms with Gasteiger partial charge in [-0.25, -0.2) is 13.1 Å². The summed E-state index contributed by atoms with van der Waals surface area (Å²) in [6.07, 6.45) is -0.894. The van der Waals surface area contributed by atoms with Gasteiger partial charge in [0, 0.05) is 5.56 Å². The number of sulfonamides is 1. The first-order valence-electron chi connectivity index (χ1n) is 5.44. The molecule has 5 N–H and O–H groups in total. The Balaban J connectivity index is 2.17. The van der Waals surface area contributed by atoms with Crippen LogP contribution < -0.4 is 4.72 Å². The highest BCUT2D eigenvalue weighted by Gasteiger charge is 2.21. The average Bonchev–Trinajstić information content (AvgIpc) is 2.90. The number of hydrogen-bond donors (Lipinski definition) is 5. The fraction of sp³-hybridized carbons (Fsp3) is 0.125. The smallest absolute Gasteiger partial charge is 0.386 e. The maximum atomic E-state index is 11.8. The van der Waals surface area contributed by atoms with Crippen molar-refractivity contribution in [2.45, 2.75) is 4.90 Å². The number of nitrogens with one attached hydrogen (secondary N) is 2. The second kappa shape index (κ2) is 5.26. The normalized spacial score (nSPS) is 12.6. The molecule has 0 fully saturated rings. The standard InChI is InChI=1S/C8H11BN5O5S/c15-9(16,17)5-10-20(18,19)7-3-1-6(2-4-7)8-11-13-14-12-8/h1-4,10,15-17H,5H2,(H,11,12,13,14)/q-1. The Hall–Kier alpha value is -1.86. The predicted octanol–water partition coefficient (Wildman–Crippen LogP) is -2.40. The minimum Gasteiger partial charge on any atom is -0.559 e. The second-order valence-electron chi connectivity index (χ2n) is 4.01. The van der Waals surface area contributed by atoms with Gasteiger partial charge >= 0.3 is 6.75 Å². The summed E-state index contributed by atoms with van der Waals surface area (Å²) in [6.45, 7) is -3.73. The molecule has 2 aromatic rings. The summed E-state index contributed by atoms with van der Waals surface area (Å²) in [6, 6.07) is 5.51. The maximum Gasteiger partial charge on any atom is 0.386 e. The number of benzene rings is 1. The van der Waals surface area contributed by atoms with Gasteiger partial charge in [0.2, 0.25) is 15.8 Å². The van der Waals surface area contributed by atoms with Gasteiger partial charge in [0.1, 0.15) is 0 Å². The zero-order valence-electron chi connectivity index (χ0n) is 10.0. The molecule has 20 heavy (non-hydrogen) atoms. The van der Waals surface area contributed by atoms with Gasteiger partial charge in [-0.05, 0) is 35.9 Å². The van der Waals surface area contributed by atoms with E-state index in [9.17, 15) is 8.42 Å². The third kappa shape index (κ3) is 3.58. The van der Waals surface area contributed by atoms with E-state index in [2.05, 4.69) is 20.6 Å². The van der Waals surface area contributed by atoms with Crippen LogP contribution in [0.25, 0.3) is 11.4 Å². The monoisotopic (exact) mass is 300 g/mol. The summed E-state index contributed by atoms with van der Waals surface area (Å²) < 4.78 is 25.5. The quantitative estimate of drug-likeness (QED) is 0.382. The number of H-pyrrole nitrogens is 1. The topological polar surface area (TPSA) is 161 Å². The fourth-order valence-electron chi connectivity index (χ4n) is 1.37. The summed E-state index contributed by atoms with van der Waals surface area (Å²) in [7, 11) is -3.96. The summed E-state index contributed by atoms with van der Waals surface area (Å²) in [5.41, 5.74) is 0.558. The van der Waals surface area contributed by atoms with E-state index >= 15 is 0 Å². The fourth-order valence-corrected chi connectivity index (χ4v) is 2.48. The highest BCUT2D eigenvalue weighted by atomic mass is 32.2. The van der Waals surface area contributed by atoms with Gasteiger partial charge in [-0.1, -0.05) is 0 Å². The largest absolute Gasteiger partial charge is 0.559 e. The zero-order valence-corrected chi connectivity index (χ0v) is 10.8. The Labute approximate surface area is 113 Å². The molecule has 0 bridgehead atoms. The molecule has 0 unspecified atom stereocenters. The van der Waals surface area contributed by atoms with E-state index in [1.807, 2.05) is 4.72 Å². The molecular weight excluding hydrogens is 289 g/mol. The Morgan fingerprint density at radius 3 is 2.35 bits per heavy atom. The molecule has 0 spiro atoms. The Bertz CT molecular complexity index is 666. The highest BCUT2D eigenvalue weighted by Crippen LogP contribution is 2.16. The molecule has 0 aliphatic heterocycles. The molecule has 0 saturated carbocycles. The SMILES string of the molecule is O=S(=O)(NC[B-](O)(O)O)c1ccc(-c2nn[nH]n2)cc1. The van der Waals surface area contributed by atoms with E-state index in [0.29, 0.717) is 11.4 Å². The first-order chi connectivity index (χ1) is 9.28. The lowest BCUT2D eigenvalue weighted by Gasteiger charge is -2.20. The molecular formula is C8H11BN5O5S-. The minimum absolute atomic E-state index is 0.107. The van der Waals surface area contributed by atoms with Crippen molar-refractivity contribution < 1.29 is 23.5 Å². The van der Waals surface area contributed by atoms with E-state index in [1.165, 1.54) is 24.3 Å². The van der Waals surface area contributed by atoms with Gasteiger partial charge in [0.15, 0.2) is 0 Å². The number of aromatic nitrogens is 4. The lowest BCUT2D eigenvalue weighted by Crippen LogP contribution is -2.48. The second-order valence-corrected chi connectivity index (χ2v) is 5.77. The van der Waals surface area contributed by atoms with Crippen molar-refractivity contribution in [3.05, 3.63) is 24.3 Å². The highest BCUT2D eigenvalue weighted by molar-refractivity contribution is 7.89. The van der Waals surface area contributed by atoms with Crippen LogP contribution in [0.15, 0.2) is 29.2 Å². The van der Waals surface area contributed by atoms with Gasteiger partial charge in [-0.2, -0.15) is 5.21 Å². The van der Waals surface area contributed by atoms with E-state index < -0.39 is 23.2 Å². The van der Waals surface area contributed by atoms with Crippen LogP contribution in [0.1, 0.15) is 0 Å². The number of rotatable bonds is 5. The first-order valence-corrected chi connectivity index (χ1v) is 6.93. The number of tetrazole rings is 1. The molecule has 1 aromatic heterocycles. The molecule has 0 aliphatic rings. The predicted molar refractivity (Wildman–Crippen MR) is 67.2 cm³/mol. The van der Waals surface area contributed by atoms with E-state index in [1.54, 1.807) is 0 Å². The van der Waals surface area contributed by atoms with Gasteiger partial charge in [-0.15, -0.1) is 10.2 Å². The third-order valence-corrected chi connectivity index (χ3v) is 3.75. The Morgan fingerprint density at radius 1 is 1.20 bits per heavy atom. The molecule has 12 heteroatoms. The number of nitrogens with zero attached hydrogens (tertiary/aromatic N) is 3. The van der Waals surface area contributed by atoms with Crippen molar-refractivity contribution >= 4 is 16.8 Å². The molecule has 2 rings (SSSR count). The summed E-state index contributed by atoms with van der Waals surface area (Å²) in [5.74, 6) is 0.310. The van der Waals surface area contributed by atoms with Crippen LogP contribution in [-0.2, 0) is 10.0 Å². The number of hydrogen-bond acceptors (Lipinski definition) is 8. The lowest BCUT2D eigenvalue weighted by atomic mass is 9.82. The summed E-state index contributed by atoms with van der Waals surface area (Å²) in [4.78, 5) is -0.107. The molecule has 108 valence electrons. The van der Waals surface area contributed by atoms with E-state index in [4.69, 9.17) is 15.1 Å². The van der Waals surface area contributed by atoms with Crippen LogP contribution >= 0.6 is 0 Å². The molecule has 1 aromatic carbocycles. The van der Waals surface area contributed by atoms with Gasteiger partial charge in [0.25, 0.3) is 0 Å². The first kappa shape index (κ1) is 14.6. The van der Waals surface area contributed by atoms with Gasteiger partial charge in [0.05, 0.1) is 4.90 Å².